The van der Waals surface area contributed by atoms with E-state index in [0.29, 0.717) is 16.9 Å². The molecule has 1 aromatic heterocycles. The van der Waals surface area contributed by atoms with Crippen LogP contribution in [0.25, 0.3) is 11.4 Å². The molecule has 0 aliphatic heterocycles. The van der Waals surface area contributed by atoms with E-state index in [0.717, 1.165) is 20.2 Å². The Labute approximate surface area is 127 Å². The summed E-state index contributed by atoms with van der Waals surface area (Å²) in [6.45, 7) is 0. The van der Waals surface area contributed by atoms with Crippen LogP contribution in [0.1, 0.15) is 24.5 Å². The van der Waals surface area contributed by atoms with Crippen molar-refractivity contribution in [2.45, 2.75) is 18.8 Å². The van der Waals surface area contributed by atoms with Crippen LogP contribution in [0.3, 0.4) is 0 Å². The van der Waals surface area contributed by atoms with E-state index in [9.17, 15) is 0 Å². The Morgan fingerprint density at radius 2 is 1.94 bits per heavy atom. The molecule has 0 radical (unpaired) electrons. The summed E-state index contributed by atoms with van der Waals surface area (Å²) >= 11 is 13.1. The number of halogens is 3. The van der Waals surface area contributed by atoms with Crippen molar-refractivity contribution in [3.63, 3.8) is 0 Å². The van der Waals surface area contributed by atoms with Crippen LogP contribution in [0.5, 0.6) is 0 Å². The van der Waals surface area contributed by atoms with E-state index in [4.69, 9.17) is 11.6 Å². The van der Waals surface area contributed by atoms with Crippen molar-refractivity contribution < 1.29 is 0 Å². The van der Waals surface area contributed by atoms with Crippen molar-refractivity contribution in [2.24, 2.45) is 0 Å². The minimum absolute atomic E-state index is 0.488. The van der Waals surface area contributed by atoms with Gasteiger partial charge in [0, 0.05) is 16.0 Å². The van der Waals surface area contributed by atoms with Crippen LogP contribution in [0.2, 0.25) is 5.15 Å². The average molecular weight is 388 g/mol. The molecular weight excluding hydrogens is 379 g/mol. The van der Waals surface area contributed by atoms with Crippen molar-refractivity contribution in [3.05, 3.63) is 44.1 Å². The van der Waals surface area contributed by atoms with Crippen LogP contribution in [-0.4, -0.2) is 9.97 Å². The summed E-state index contributed by atoms with van der Waals surface area (Å²) < 4.78 is 1.85. The molecule has 0 saturated heterocycles. The fraction of sp³-hybridized carbons (Fsp3) is 0.231. The summed E-state index contributed by atoms with van der Waals surface area (Å²) in [5.41, 5.74) is 2.01. The van der Waals surface area contributed by atoms with E-state index >= 15 is 0 Å². The minimum Gasteiger partial charge on any atom is -0.231 e. The standard InChI is InChI=1S/C13H9Br2ClN2/c14-9-3-1-2-8(6-9)13-17-11(7-4-5-7)10(15)12(16)18-13/h1-3,6-7H,4-5H2. The first kappa shape index (κ1) is 12.6. The highest BCUT2D eigenvalue weighted by Crippen LogP contribution is 2.44. The zero-order chi connectivity index (χ0) is 12.7. The van der Waals surface area contributed by atoms with E-state index in [1.165, 1.54) is 12.8 Å². The second-order valence-corrected chi connectivity index (χ2v) is 6.39. The average Bonchev–Trinajstić information content (AvgIpc) is 3.16. The van der Waals surface area contributed by atoms with Gasteiger partial charge in [-0.15, -0.1) is 0 Å². The maximum atomic E-state index is 6.17. The van der Waals surface area contributed by atoms with Gasteiger partial charge in [0.25, 0.3) is 0 Å². The highest BCUT2D eigenvalue weighted by atomic mass is 79.9. The van der Waals surface area contributed by atoms with Gasteiger partial charge in [-0.3, -0.25) is 0 Å². The van der Waals surface area contributed by atoms with Crippen LogP contribution in [0.15, 0.2) is 33.2 Å². The number of hydrogen-bond donors (Lipinski definition) is 0. The molecule has 3 rings (SSSR count). The van der Waals surface area contributed by atoms with Crippen LogP contribution in [0.4, 0.5) is 0 Å². The topological polar surface area (TPSA) is 25.8 Å². The molecule has 1 aliphatic rings. The van der Waals surface area contributed by atoms with Crippen molar-refractivity contribution in [1.82, 2.24) is 9.97 Å². The van der Waals surface area contributed by atoms with Gasteiger partial charge in [0.2, 0.25) is 0 Å². The summed E-state index contributed by atoms with van der Waals surface area (Å²) in [7, 11) is 0. The molecule has 5 heteroatoms. The molecule has 2 nitrogen and oxygen atoms in total. The van der Waals surface area contributed by atoms with Crippen molar-refractivity contribution in [2.75, 3.05) is 0 Å². The summed E-state index contributed by atoms with van der Waals surface area (Å²) in [6, 6.07) is 7.93. The molecule has 0 bridgehead atoms. The lowest BCUT2D eigenvalue weighted by Gasteiger charge is -2.07. The van der Waals surface area contributed by atoms with Gasteiger partial charge in [0.15, 0.2) is 5.82 Å². The lowest BCUT2D eigenvalue weighted by molar-refractivity contribution is 0.979. The van der Waals surface area contributed by atoms with Crippen LogP contribution in [0, 0.1) is 0 Å². The minimum atomic E-state index is 0.488. The Morgan fingerprint density at radius 1 is 1.17 bits per heavy atom. The van der Waals surface area contributed by atoms with Crippen molar-refractivity contribution in [3.8, 4) is 11.4 Å². The van der Waals surface area contributed by atoms with Gasteiger partial charge in [-0.25, -0.2) is 9.97 Å². The van der Waals surface area contributed by atoms with Crippen molar-refractivity contribution >= 4 is 43.5 Å². The molecule has 0 atom stereocenters. The van der Waals surface area contributed by atoms with Crippen LogP contribution >= 0.6 is 43.5 Å². The molecule has 1 aliphatic carbocycles. The third-order valence-corrected chi connectivity index (χ3v) is 4.66. The predicted molar refractivity (Wildman–Crippen MR) is 79.9 cm³/mol. The van der Waals surface area contributed by atoms with Crippen molar-refractivity contribution in [1.29, 1.82) is 0 Å². The fourth-order valence-electron chi connectivity index (χ4n) is 1.82. The first-order chi connectivity index (χ1) is 8.65. The Balaban J connectivity index is 2.12. The first-order valence-corrected chi connectivity index (χ1v) is 7.60. The molecule has 1 heterocycles. The van der Waals surface area contributed by atoms with E-state index in [2.05, 4.69) is 41.8 Å². The monoisotopic (exact) mass is 386 g/mol. The molecule has 1 aromatic carbocycles. The van der Waals surface area contributed by atoms with Gasteiger partial charge in [0.05, 0.1) is 10.2 Å². The summed E-state index contributed by atoms with van der Waals surface area (Å²) in [5, 5.41) is 0.488. The number of hydrogen-bond acceptors (Lipinski definition) is 2. The van der Waals surface area contributed by atoms with Crippen LogP contribution in [-0.2, 0) is 0 Å². The molecule has 0 amide bonds. The molecule has 18 heavy (non-hydrogen) atoms. The normalized spacial score (nSPS) is 14.8. The van der Waals surface area contributed by atoms with Crippen LogP contribution < -0.4 is 0 Å². The number of aromatic nitrogens is 2. The first-order valence-electron chi connectivity index (χ1n) is 5.64. The molecule has 2 aromatic rings. The van der Waals surface area contributed by atoms with Gasteiger partial charge in [-0.1, -0.05) is 39.7 Å². The van der Waals surface area contributed by atoms with Gasteiger partial charge in [-0.2, -0.15) is 0 Å². The highest BCUT2D eigenvalue weighted by molar-refractivity contribution is 9.10. The largest absolute Gasteiger partial charge is 0.231 e. The smallest absolute Gasteiger partial charge is 0.161 e. The third-order valence-electron chi connectivity index (χ3n) is 2.88. The molecule has 0 spiro atoms. The third kappa shape index (κ3) is 2.46. The maximum absolute atomic E-state index is 6.17. The maximum Gasteiger partial charge on any atom is 0.161 e. The van der Waals surface area contributed by atoms with E-state index in [1.807, 2.05) is 24.3 Å². The fourth-order valence-corrected chi connectivity index (χ4v) is 2.90. The van der Waals surface area contributed by atoms with E-state index < -0.39 is 0 Å². The molecule has 1 saturated carbocycles. The second kappa shape index (κ2) is 4.91. The second-order valence-electron chi connectivity index (χ2n) is 4.32. The molecular formula is C13H9Br2ClN2. The highest BCUT2D eigenvalue weighted by Gasteiger charge is 2.29. The number of benzene rings is 1. The number of nitrogens with zero attached hydrogens (tertiary/aromatic N) is 2. The van der Waals surface area contributed by atoms with E-state index in [-0.39, 0.29) is 0 Å². The summed E-state index contributed by atoms with van der Waals surface area (Å²) in [6.07, 6.45) is 2.37. The Morgan fingerprint density at radius 3 is 2.61 bits per heavy atom. The lowest BCUT2D eigenvalue weighted by Crippen LogP contribution is -1.97. The number of rotatable bonds is 2. The Bertz CT molecular complexity index is 612. The molecule has 1 fully saturated rings. The van der Waals surface area contributed by atoms with Gasteiger partial charge >= 0.3 is 0 Å². The summed E-state index contributed by atoms with van der Waals surface area (Å²) in [4.78, 5) is 8.98. The van der Waals surface area contributed by atoms with Gasteiger partial charge in [0.1, 0.15) is 5.15 Å². The molecule has 0 unspecified atom stereocenters. The summed E-state index contributed by atoms with van der Waals surface area (Å²) in [5.74, 6) is 1.22. The zero-order valence-corrected chi connectivity index (χ0v) is 13.3. The Kier molecular flexibility index (Phi) is 3.43. The van der Waals surface area contributed by atoms with Gasteiger partial charge in [-0.05, 0) is 40.9 Å². The SMILES string of the molecule is Clc1nc(-c2cccc(Br)c2)nc(C2CC2)c1Br. The predicted octanol–water partition coefficient (Wildman–Crippen LogP) is 5.20. The van der Waals surface area contributed by atoms with Gasteiger partial charge < -0.3 is 0 Å². The molecule has 0 N–H and O–H groups in total. The molecule has 92 valence electrons. The zero-order valence-electron chi connectivity index (χ0n) is 9.33. The van der Waals surface area contributed by atoms with E-state index in [1.54, 1.807) is 0 Å². The lowest BCUT2D eigenvalue weighted by atomic mass is 10.2. The quantitative estimate of drug-likeness (QED) is 0.661. The Hall–Kier alpha value is -0.450.